The van der Waals surface area contributed by atoms with Crippen LogP contribution in [0.3, 0.4) is 0 Å². The lowest BCUT2D eigenvalue weighted by molar-refractivity contribution is -0.122. The third kappa shape index (κ3) is 7.26. The van der Waals surface area contributed by atoms with Gasteiger partial charge in [0.1, 0.15) is 0 Å². The molecule has 0 unspecified atom stereocenters. The zero-order valence-corrected chi connectivity index (χ0v) is 15.4. The average molecular weight is 363 g/mol. The van der Waals surface area contributed by atoms with Gasteiger partial charge in [-0.1, -0.05) is 61.5 Å². The van der Waals surface area contributed by atoms with E-state index in [9.17, 15) is 4.79 Å². The van der Waals surface area contributed by atoms with E-state index in [-0.39, 0.29) is 18.3 Å². The van der Waals surface area contributed by atoms with E-state index >= 15 is 0 Å². The third-order valence-electron chi connectivity index (χ3n) is 3.81. The highest BCUT2D eigenvalue weighted by molar-refractivity contribution is 5.85. The van der Waals surface area contributed by atoms with Gasteiger partial charge in [-0.15, -0.1) is 12.4 Å². The molecule has 4 nitrogen and oxygen atoms in total. The van der Waals surface area contributed by atoms with Crippen molar-refractivity contribution in [2.45, 2.75) is 39.0 Å². The highest BCUT2D eigenvalue weighted by Crippen LogP contribution is 2.10. The van der Waals surface area contributed by atoms with Crippen molar-refractivity contribution in [3.05, 3.63) is 71.3 Å². The molecule has 0 aliphatic carbocycles. The van der Waals surface area contributed by atoms with Crippen LogP contribution in [0.2, 0.25) is 0 Å². The molecule has 136 valence electrons. The van der Waals surface area contributed by atoms with E-state index in [1.54, 1.807) is 0 Å². The molecule has 0 aromatic heterocycles. The molecular weight excluding hydrogens is 336 g/mol. The number of carbonyl (C=O) groups excluding carboxylic acids is 1. The van der Waals surface area contributed by atoms with Crippen molar-refractivity contribution in [2.75, 3.05) is 6.61 Å². The van der Waals surface area contributed by atoms with Gasteiger partial charge in [0.2, 0.25) is 5.91 Å². The summed E-state index contributed by atoms with van der Waals surface area (Å²) in [5.41, 5.74) is 9.24. The summed E-state index contributed by atoms with van der Waals surface area (Å²) in [4.78, 5) is 12.2. The Bertz CT molecular complexity index is 635. The zero-order chi connectivity index (χ0) is 17.2. The third-order valence-corrected chi connectivity index (χ3v) is 3.81. The second-order valence-corrected chi connectivity index (χ2v) is 5.84. The highest BCUT2D eigenvalue weighted by atomic mass is 35.5. The fourth-order valence-electron chi connectivity index (χ4n) is 2.47. The van der Waals surface area contributed by atoms with Crippen LogP contribution in [-0.4, -0.2) is 18.6 Å². The minimum absolute atomic E-state index is 0. The maximum absolute atomic E-state index is 12.2. The van der Waals surface area contributed by atoms with E-state index in [1.165, 1.54) is 0 Å². The van der Waals surface area contributed by atoms with Gasteiger partial charge in [0.05, 0.1) is 12.6 Å². The molecule has 2 rings (SSSR count). The summed E-state index contributed by atoms with van der Waals surface area (Å²) in [6.45, 7) is 3.85. The van der Waals surface area contributed by atoms with Gasteiger partial charge in [0, 0.05) is 13.2 Å². The Balaban J connectivity index is 0.00000312. The molecule has 25 heavy (non-hydrogen) atoms. The maximum atomic E-state index is 12.2. The average Bonchev–Trinajstić information content (AvgIpc) is 2.61. The molecule has 0 heterocycles. The second kappa shape index (κ2) is 11.6. The van der Waals surface area contributed by atoms with E-state index in [0.717, 1.165) is 29.7 Å². The molecule has 0 aliphatic rings. The van der Waals surface area contributed by atoms with Gasteiger partial charge in [0.15, 0.2) is 0 Å². The zero-order valence-electron chi connectivity index (χ0n) is 14.6. The Morgan fingerprint density at radius 3 is 2.40 bits per heavy atom. The van der Waals surface area contributed by atoms with Crippen molar-refractivity contribution >= 4 is 18.3 Å². The van der Waals surface area contributed by atoms with Crippen LogP contribution in [0.15, 0.2) is 54.6 Å². The predicted molar refractivity (Wildman–Crippen MR) is 104 cm³/mol. The van der Waals surface area contributed by atoms with E-state index in [4.69, 9.17) is 10.5 Å². The van der Waals surface area contributed by atoms with Crippen LogP contribution in [0.5, 0.6) is 0 Å². The fraction of sp³-hybridized carbons (Fsp3) is 0.350. The molecule has 0 radical (unpaired) electrons. The van der Waals surface area contributed by atoms with Gasteiger partial charge >= 0.3 is 0 Å². The first kappa shape index (κ1) is 21.2. The molecule has 2 aromatic carbocycles. The van der Waals surface area contributed by atoms with Crippen LogP contribution in [0.1, 0.15) is 30.0 Å². The van der Waals surface area contributed by atoms with Gasteiger partial charge in [-0.2, -0.15) is 0 Å². The molecule has 0 fully saturated rings. The number of amides is 1. The molecule has 0 spiro atoms. The summed E-state index contributed by atoms with van der Waals surface area (Å²) in [6.07, 6.45) is 1.53. The first-order valence-electron chi connectivity index (χ1n) is 8.42. The highest BCUT2D eigenvalue weighted by Gasteiger charge is 2.14. The topological polar surface area (TPSA) is 64.3 Å². The van der Waals surface area contributed by atoms with Gasteiger partial charge in [-0.05, 0) is 29.5 Å². The number of nitrogens with one attached hydrogen (secondary N) is 1. The summed E-state index contributed by atoms with van der Waals surface area (Å²) in [5.74, 6) is -0.136. The molecule has 0 saturated heterocycles. The number of rotatable bonds is 9. The number of carbonyl (C=O) groups is 1. The number of hydrogen-bond acceptors (Lipinski definition) is 3. The summed E-state index contributed by atoms with van der Waals surface area (Å²) < 4.78 is 5.61. The summed E-state index contributed by atoms with van der Waals surface area (Å²) in [7, 11) is 0. The number of halogens is 1. The molecule has 1 amide bonds. The van der Waals surface area contributed by atoms with Crippen LogP contribution in [0, 0.1) is 0 Å². The Morgan fingerprint density at radius 2 is 1.72 bits per heavy atom. The Morgan fingerprint density at radius 1 is 1.08 bits per heavy atom. The smallest absolute Gasteiger partial charge is 0.237 e. The molecule has 0 saturated carbocycles. The van der Waals surface area contributed by atoms with Crippen molar-refractivity contribution in [2.24, 2.45) is 5.73 Å². The van der Waals surface area contributed by atoms with Crippen molar-refractivity contribution < 1.29 is 9.53 Å². The normalized spacial score (nSPS) is 11.4. The van der Waals surface area contributed by atoms with Gasteiger partial charge in [-0.3, -0.25) is 4.79 Å². The molecule has 1 atom stereocenters. The van der Waals surface area contributed by atoms with Crippen LogP contribution in [0.25, 0.3) is 0 Å². The lowest BCUT2D eigenvalue weighted by Crippen LogP contribution is -2.41. The van der Waals surface area contributed by atoms with Crippen LogP contribution in [-0.2, 0) is 29.1 Å². The second-order valence-electron chi connectivity index (χ2n) is 5.84. The molecule has 3 N–H and O–H groups in total. The van der Waals surface area contributed by atoms with Crippen molar-refractivity contribution in [3.8, 4) is 0 Å². The van der Waals surface area contributed by atoms with Crippen molar-refractivity contribution in [3.63, 3.8) is 0 Å². The lowest BCUT2D eigenvalue weighted by atomic mass is 10.1. The fourth-order valence-corrected chi connectivity index (χ4v) is 2.47. The Hall–Kier alpha value is -1.88. The van der Waals surface area contributed by atoms with Crippen LogP contribution < -0.4 is 11.1 Å². The molecule has 0 aliphatic heterocycles. The molecular formula is C20H27ClN2O2. The summed E-state index contributed by atoms with van der Waals surface area (Å²) in [5, 5.41) is 2.93. The Kier molecular flexibility index (Phi) is 9.85. The lowest BCUT2D eigenvalue weighted by Gasteiger charge is -2.14. The number of benzene rings is 2. The van der Waals surface area contributed by atoms with Gasteiger partial charge < -0.3 is 15.8 Å². The first-order chi connectivity index (χ1) is 11.7. The molecule has 5 heteroatoms. The molecule has 2 aromatic rings. The van der Waals surface area contributed by atoms with Gasteiger partial charge in [0.25, 0.3) is 0 Å². The van der Waals surface area contributed by atoms with Crippen molar-refractivity contribution in [1.29, 1.82) is 0 Å². The number of hydrogen-bond donors (Lipinski definition) is 2. The van der Waals surface area contributed by atoms with E-state index in [0.29, 0.717) is 19.6 Å². The maximum Gasteiger partial charge on any atom is 0.237 e. The monoisotopic (exact) mass is 362 g/mol. The van der Waals surface area contributed by atoms with Crippen LogP contribution >= 0.6 is 12.4 Å². The van der Waals surface area contributed by atoms with Gasteiger partial charge in [-0.25, -0.2) is 0 Å². The standard InChI is InChI=1S/C20H26N2O2.ClH/c1-2-12-24-15-18-11-7-6-10-17(18)14-22-20(23)19(21)13-16-8-4-3-5-9-16;/h3-11,19H,2,12-15,21H2,1H3,(H,22,23);1H/t19-;/m0./s1. The Labute approximate surface area is 156 Å². The first-order valence-corrected chi connectivity index (χ1v) is 8.42. The number of ether oxygens (including phenoxy) is 1. The minimum Gasteiger partial charge on any atom is -0.377 e. The van der Waals surface area contributed by atoms with Crippen molar-refractivity contribution in [1.82, 2.24) is 5.32 Å². The predicted octanol–water partition coefficient (Wildman–Crippen LogP) is 3.22. The quantitative estimate of drug-likeness (QED) is 0.673. The minimum atomic E-state index is -0.545. The summed E-state index contributed by atoms with van der Waals surface area (Å²) >= 11 is 0. The van der Waals surface area contributed by atoms with Crippen LogP contribution in [0.4, 0.5) is 0 Å². The summed E-state index contributed by atoms with van der Waals surface area (Å²) in [6, 6.07) is 17.3. The molecule has 0 bridgehead atoms. The SMILES string of the molecule is CCCOCc1ccccc1CNC(=O)[C@@H](N)Cc1ccccc1.Cl. The van der Waals surface area contributed by atoms with E-state index < -0.39 is 6.04 Å². The number of nitrogens with two attached hydrogens (primary N) is 1. The van der Waals surface area contributed by atoms with E-state index in [1.807, 2.05) is 54.6 Å². The van der Waals surface area contributed by atoms with E-state index in [2.05, 4.69) is 12.2 Å². The largest absolute Gasteiger partial charge is 0.377 e.